The molecule has 3 heterocycles. The number of Topliss-reactive ketones (excluding diaryl/α,β-unsaturated/α-hetero) is 1. The van der Waals surface area contributed by atoms with E-state index in [1.807, 2.05) is 42.1 Å². The molecule has 1 aliphatic rings. The Morgan fingerprint density at radius 3 is 2.49 bits per heavy atom. The molecule has 37 heavy (non-hydrogen) atoms. The molecular formula is C29H25N3O5. The molecule has 8 heteroatoms. The van der Waals surface area contributed by atoms with Crippen molar-refractivity contribution in [2.45, 2.75) is 12.5 Å². The fraction of sp³-hybridized carbons (Fsp3) is 0.172. The number of pyridine rings is 1. The molecule has 1 aliphatic heterocycles. The average Bonchev–Trinajstić information content (AvgIpc) is 3.39. The standard InChI is InChI=1S/C29H25N3O5/c1-31-17-21(22-7-3-4-8-23(22)31)13-15-32-25(18-9-11-19(12-10-18)29(36)37-2)24(27(34)28(32)35)26(33)20-6-5-14-30-16-20/h3-12,14,16-17,25,33H,13,15H2,1-2H3. The van der Waals surface area contributed by atoms with Crippen LogP contribution in [0, 0.1) is 0 Å². The third kappa shape index (κ3) is 4.27. The van der Waals surface area contributed by atoms with Gasteiger partial charge >= 0.3 is 5.97 Å². The molecule has 186 valence electrons. The van der Waals surface area contributed by atoms with Gasteiger partial charge in [-0.05, 0) is 47.9 Å². The van der Waals surface area contributed by atoms with Crippen LogP contribution in [0.15, 0.2) is 84.8 Å². The Morgan fingerprint density at radius 1 is 1.03 bits per heavy atom. The first-order chi connectivity index (χ1) is 17.9. The molecule has 8 nitrogen and oxygen atoms in total. The second-order valence-corrected chi connectivity index (χ2v) is 8.88. The van der Waals surface area contributed by atoms with Crippen molar-refractivity contribution in [1.82, 2.24) is 14.5 Å². The zero-order chi connectivity index (χ0) is 26.1. The number of aliphatic hydroxyl groups is 1. The summed E-state index contributed by atoms with van der Waals surface area (Å²) in [5.41, 5.74) is 3.38. The molecule has 0 saturated carbocycles. The molecule has 1 amide bonds. The fourth-order valence-corrected chi connectivity index (χ4v) is 4.90. The van der Waals surface area contributed by atoms with Crippen molar-refractivity contribution in [2.24, 2.45) is 7.05 Å². The zero-order valence-corrected chi connectivity index (χ0v) is 20.4. The van der Waals surface area contributed by atoms with Crippen LogP contribution in [0.4, 0.5) is 0 Å². The van der Waals surface area contributed by atoms with Gasteiger partial charge in [-0.1, -0.05) is 30.3 Å². The number of aryl methyl sites for hydroxylation is 1. The first-order valence-corrected chi connectivity index (χ1v) is 11.8. The number of rotatable bonds is 6. The first kappa shape index (κ1) is 24.0. The number of para-hydroxylation sites is 1. The van der Waals surface area contributed by atoms with Crippen LogP contribution in [-0.4, -0.2) is 50.9 Å². The lowest BCUT2D eigenvalue weighted by Crippen LogP contribution is -2.31. The van der Waals surface area contributed by atoms with Gasteiger partial charge in [-0.15, -0.1) is 0 Å². The highest BCUT2D eigenvalue weighted by Gasteiger charge is 2.46. The van der Waals surface area contributed by atoms with Gasteiger partial charge in [0.1, 0.15) is 5.76 Å². The number of amides is 1. The van der Waals surface area contributed by atoms with Crippen LogP contribution in [-0.2, 0) is 27.8 Å². The van der Waals surface area contributed by atoms with E-state index in [0.717, 1.165) is 16.5 Å². The summed E-state index contributed by atoms with van der Waals surface area (Å²) in [7, 11) is 3.27. The molecule has 0 spiro atoms. The number of esters is 1. The number of likely N-dealkylation sites (tertiary alicyclic amines) is 1. The third-order valence-corrected chi connectivity index (χ3v) is 6.72. The van der Waals surface area contributed by atoms with E-state index in [9.17, 15) is 19.5 Å². The number of aliphatic hydroxyl groups excluding tert-OH is 1. The van der Waals surface area contributed by atoms with Gasteiger partial charge in [0.25, 0.3) is 11.7 Å². The van der Waals surface area contributed by atoms with E-state index in [2.05, 4.69) is 4.98 Å². The van der Waals surface area contributed by atoms with E-state index in [1.165, 1.54) is 18.2 Å². The molecule has 5 rings (SSSR count). The maximum atomic E-state index is 13.3. The van der Waals surface area contributed by atoms with Crippen molar-refractivity contribution < 1.29 is 24.2 Å². The highest BCUT2D eigenvalue weighted by molar-refractivity contribution is 6.46. The number of carbonyl (C=O) groups is 3. The minimum Gasteiger partial charge on any atom is -0.507 e. The Bertz CT molecular complexity index is 1540. The number of methoxy groups -OCH3 is 1. The van der Waals surface area contributed by atoms with Crippen molar-refractivity contribution in [3.8, 4) is 0 Å². The minimum atomic E-state index is -0.832. The van der Waals surface area contributed by atoms with E-state index >= 15 is 0 Å². The topological polar surface area (TPSA) is 102 Å². The van der Waals surface area contributed by atoms with Crippen molar-refractivity contribution in [3.05, 3.63) is 107 Å². The van der Waals surface area contributed by atoms with Crippen molar-refractivity contribution >= 4 is 34.3 Å². The van der Waals surface area contributed by atoms with Crippen LogP contribution >= 0.6 is 0 Å². The summed E-state index contributed by atoms with van der Waals surface area (Å²) in [6, 6.07) is 16.9. The largest absolute Gasteiger partial charge is 0.507 e. The highest BCUT2D eigenvalue weighted by atomic mass is 16.5. The third-order valence-electron chi connectivity index (χ3n) is 6.72. The number of hydrogen-bond donors (Lipinski definition) is 1. The van der Waals surface area contributed by atoms with Crippen LogP contribution in [0.1, 0.15) is 33.1 Å². The Labute approximate surface area is 213 Å². The van der Waals surface area contributed by atoms with Crippen molar-refractivity contribution in [1.29, 1.82) is 0 Å². The lowest BCUT2D eigenvalue weighted by Gasteiger charge is -2.25. The normalized spacial score (nSPS) is 16.9. The van der Waals surface area contributed by atoms with Crippen LogP contribution < -0.4 is 0 Å². The molecule has 1 saturated heterocycles. The number of aromatic nitrogens is 2. The maximum Gasteiger partial charge on any atom is 0.337 e. The average molecular weight is 496 g/mol. The van der Waals surface area contributed by atoms with Gasteiger partial charge < -0.3 is 19.3 Å². The summed E-state index contributed by atoms with van der Waals surface area (Å²) in [6.45, 7) is 0.256. The van der Waals surface area contributed by atoms with E-state index in [-0.39, 0.29) is 17.9 Å². The molecule has 0 radical (unpaired) electrons. The highest BCUT2D eigenvalue weighted by Crippen LogP contribution is 2.39. The molecule has 1 unspecified atom stereocenters. The van der Waals surface area contributed by atoms with Gasteiger partial charge in [-0.3, -0.25) is 14.6 Å². The number of ketones is 1. The lowest BCUT2D eigenvalue weighted by atomic mass is 9.95. The SMILES string of the molecule is COC(=O)c1ccc(C2C(=C(O)c3cccnc3)C(=O)C(=O)N2CCc2cn(C)c3ccccc23)cc1. The molecule has 1 atom stereocenters. The predicted molar refractivity (Wildman–Crippen MR) is 138 cm³/mol. The number of hydrogen-bond acceptors (Lipinski definition) is 6. The molecular weight excluding hydrogens is 470 g/mol. The van der Waals surface area contributed by atoms with Crippen LogP contribution in [0.3, 0.4) is 0 Å². The summed E-state index contributed by atoms with van der Waals surface area (Å²) >= 11 is 0. The molecule has 0 aliphatic carbocycles. The molecule has 0 bridgehead atoms. The summed E-state index contributed by atoms with van der Waals surface area (Å²) in [5.74, 6) is -2.23. The Morgan fingerprint density at radius 2 is 1.78 bits per heavy atom. The van der Waals surface area contributed by atoms with Gasteiger partial charge in [0.2, 0.25) is 0 Å². The molecule has 2 aromatic heterocycles. The monoisotopic (exact) mass is 495 g/mol. The lowest BCUT2D eigenvalue weighted by molar-refractivity contribution is -0.139. The van der Waals surface area contributed by atoms with Gasteiger partial charge in [-0.25, -0.2) is 4.79 Å². The van der Waals surface area contributed by atoms with Crippen LogP contribution in [0.5, 0.6) is 0 Å². The van der Waals surface area contributed by atoms with Gasteiger partial charge in [0.15, 0.2) is 0 Å². The van der Waals surface area contributed by atoms with Crippen LogP contribution in [0.2, 0.25) is 0 Å². The minimum absolute atomic E-state index is 0.0123. The van der Waals surface area contributed by atoms with E-state index in [1.54, 1.807) is 42.6 Å². The Balaban J connectivity index is 1.57. The second kappa shape index (κ2) is 9.73. The van der Waals surface area contributed by atoms with Gasteiger partial charge in [0.05, 0.1) is 24.3 Å². The number of nitrogens with zero attached hydrogens (tertiary/aromatic N) is 3. The summed E-state index contributed by atoms with van der Waals surface area (Å²) in [6.07, 6.45) is 5.54. The van der Waals surface area contributed by atoms with Gasteiger partial charge in [0, 0.05) is 48.6 Å². The first-order valence-electron chi connectivity index (χ1n) is 11.8. The number of carbonyl (C=O) groups excluding carboxylic acids is 3. The van der Waals surface area contributed by atoms with Crippen molar-refractivity contribution in [2.75, 3.05) is 13.7 Å². The Hall–Kier alpha value is -4.72. The molecule has 1 fully saturated rings. The Kier molecular flexibility index (Phi) is 6.31. The predicted octanol–water partition coefficient (Wildman–Crippen LogP) is 4.02. The molecule has 1 N–H and O–H groups in total. The zero-order valence-electron chi connectivity index (χ0n) is 20.4. The van der Waals surface area contributed by atoms with E-state index in [0.29, 0.717) is 23.1 Å². The number of ether oxygens (including phenoxy) is 1. The van der Waals surface area contributed by atoms with E-state index in [4.69, 9.17) is 4.74 Å². The maximum absolute atomic E-state index is 13.3. The summed E-state index contributed by atoms with van der Waals surface area (Å²) in [4.78, 5) is 44.0. The quantitative estimate of drug-likeness (QED) is 0.188. The number of benzene rings is 2. The molecule has 4 aromatic rings. The summed E-state index contributed by atoms with van der Waals surface area (Å²) < 4.78 is 6.81. The van der Waals surface area contributed by atoms with Crippen LogP contribution in [0.25, 0.3) is 16.7 Å². The fourth-order valence-electron chi connectivity index (χ4n) is 4.90. The smallest absolute Gasteiger partial charge is 0.337 e. The molecule has 2 aromatic carbocycles. The second-order valence-electron chi connectivity index (χ2n) is 8.88. The summed E-state index contributed by atoms with van der Waals surface area (Å²) in [5, 5.41) is 12.2. The van der Waals surface area contributed by atoms with Gasteiger partial charge in [-0.2, -0.15) is 0 Å². The van der Waals surface area contributed by atoms with E-state index < -0.39 is 23.7 Å². The van der Waals surface area contributed by atoms with Crippen molar-refractivity contribution in [3.63, 3.8) is 0 Å². The number of fused-ring (bicyclic) bond motifs is 1.